The fourth-order valence-corrected chi connectivity index (χ4v) is 3.22. The van der Waals surface area contributed by atoms with Crippen molar-refractivity contribution in [3.63, 3.8) is 0 Å². The Bertz CT molecular complexity index is 695. The largest absolute Gasteiger partial charge is 0.497 e. The van der Waals surface area contributed by atoms with E-state index < -0.39 is 0 Å². The molecule has 2 aromatic rings. The summed E-state index contributed by atoms with van der Waals surface area (Å²) in [5, 5.41) is 3.33. The normalized spacial score (nSPS) is 15.6. The number of methoxy groups -OCH3 is 1. The number of carbonyl (C=O) groups excluding carboxylic acids is 1. The van der Waals surface area contributed by atoms with E-state index in [1.165, 1.54) is 11.3 Å². The van der Waals surface area contributed by atoms with Gasteiger partial charge in [0.25, 0.3) is 0 Å². The van der Waals surface area contributed by atoms with E-state index in [4.69, 9.17) is 4.74 Å². The van der Waals surface area contributed by atoms with Gasteiger partial charge in [0.05, 0.1) is 13.7 Å². The van der Waals surface area contributed by atoms with Crippen LogP contribution in [0.4, 0.5) is 5.69 Å². The standard InChI is InChI=1S/C21H27N3O2/c1-17(18-6-4-3-5-7-18)22-16-21(25)24-14-12-23(13-15-24)19-8-10-20(26-2)11-9-19/h3-11,17,22H,12-16H2,1-2H3. The number of rotatable bonds is 6. The van der Waals surface area contributed by atoms with Crippen molar-refractivity contribution in [3.05, 3.63) is 60.2 Å². The predicted molar refractivity (Wildman–Crippen MR) is 105 cm³/mol. The number of benzene rings is 2. The fraction of sp³-hybridized carbons (Fsp3) is 0.381. The number of nitrogens with one attached hydrogen (secondary N) is 1. The summed E-state index contributed by atoms with van der Waals surface area (Å²) in [5.41, 5.74) is 2.37. The van der Waals surface area contributed by atoms with Crippen LogP contribution in [0, 0.1) is 0 Å². The first-order chi connectivity index (χ1) is 12.7. The molecule has 1 atom stereocenters. The molecule has 0 radical (unpaired) electrons. The second kappa shape index (κ2) is 8.72. The number of amides is 1. The van der Waals surface area contributed by atoms with Crippen LogP contribution in [-0.4, -0.2) is 50.6 Å². The molecule has 1 unspecified atom stereocenters. The number of hydrogen-bond donors (Lipinski definition) is 1. The van der Waals surface area contributed by atoms with E-state index in [0.717, 1.165) is 31.9 Å². The number of nitrogens with zero attached hydrogens (tertiary/aromatic N) is 2. The molecular weight excluding hydrogens is 326 g/mol. The number of anilines is 1. The van der Waals surface area contributed by atoms with Gasteiger partial charge in [0.1, 0.15) is 5.75 Å². The second-order valence-corrected chi connectivity index (χ2v) is 6.58. The molecule has 0 aromatic heterocycles. The van der Waals surface area contributed by atoms with Crippen molar-refractivity contribution in [3.8, 4) is 5.75 Å². The lowest BCUT2D eigenvalue weighted by Crippen LogP contribution is -2.51. The predicted octanol–water partition coefficient (Wildman–Crippen LogP) is 2.69. The maximum atomic E-state index is 12.5. The van der Waals surface area contributed by atoms with Crippen LogP contribution >= 0.6 is 0 Å². The molecular formula is C21H27N3O2. The summed E-state index contributed by atoms with van der Waals surface area (Å²) in [4.78, 5) is 16.7. The lowest BCUT2D eigenvalue weighted by molar-refractivity contribution is -0.130. The molecule has 0 saturated carbocycles. The van der Waals surface area contributed by atoms with Gasteiger partial charge in [-0.05, 0) is 36.8 Å². The summed E-state index contributed by atoms with van der Waals surface area (Å²) in [6.07, 6.45) is 0. The molecule has 1 amide bonds. The van der Waals surface area contributed by atoms with Gasteiger partial charge in [-0.3, -0.25) is 4.79 Å². The monoisotopic (exact) mass is 353 g/mol. The lowest BCUT2D eigenvalue weighted by Gasteiger charge is -2.36. The zero-order valence-corrected chi connectivity index (χ0v) is 15.5. The molecule has 1 fully saturated rings. The Labute approximate surface area is 155 Å². The average Bonchev–Trinajstić information content (AvgIpc) is 2.72. The third-order valence-corrected chi connectivity index (χ3v) is 4.93. The van der Waals surface area contributed by atoms with Crippen LogP contribution in [-0.2, 0) is 4.79 Å². The zero-order valence-electron chi connectivity index (χ0n) is 15.5. The van der Waals surface area contributed by atoms with Crippen LogP contribution < -0.4 is 15.0 Å². The van der Waals surface area contributed by atoms with Crippen molar-refractivity contribution in [2.45, 2.75) is 13.0 Å². The van der Waals surface area contributed by atoms with Gasteiger partial charge in [-0.2, -0.15) is 0 Å². The molecule has 1 N–H and O–H groups in total. The lowest BCUT2D eigenvalue weighted by atomic mass is 10.1. The van der Waals surface area contributed by atoms with Crippen molar-refractivity contribution in [1.82, 2.24) is 10.2 Å². The molecule has 5 heteroatoms. The van der Waals surface area contributed by atoms with Crippen LogP contribution in [0.2, 0.25) is 0 Å². The third kappa shape index (κ3) is 4.55. The molecule has 5 nitrogen and oxygen atoms in total. The minimum absolute atomic E-state index is 0.167. The SMILES string of the molecule is COc1ccc(N2CCN(C(=O)CNC(C)c3ccccc3)CC2)cc1. The number of ether oxygens (including phenoxy) is 1. The smallest absolute Gasteiger partial charge is 0.236 e. The van der Waals surface area contributed by atoms with E-state index in [1.807, 2.05) is 35.2 Å². The molecule has 0 aliphatic carbocycles. The highest BCUT2D eigenvalue weighted by Crippen LogP contribution is 2.20. The Balaban J connectivity index is 1.45. The van der Waals surface area contributed by atoms with Crippen molar-refractivity contribution in [1.29, 1.82) is 0 Å². The first-order valence-corrected chi connectivity index (χ1v) is 9.12. The molecule has 2 aromatic carbocycles. The minimum atomic E-state index is 0.167. The van der Waals surface area contributed by atoms with Gasteiger partial charge in [-0.1, -0.05) is 30.3 Å². The van der Waals surface area contributed by atoms with E-state index in [0.29, 0.717) is 6.54 Å². The first-order valence-electron chi connectivity index (χ1n) is 9.12. The summed E-state index contributed by atoms with van der Waals surface area (Å²) >= 11 is 0. The summed E-state index contributed by atoms with van der Waals surface area (Å²) in [6.45, 7) is 5.68. The van der Waals surface area contributed by atoms with Crippen molar-refractivity contribution in [2.75, 3.05) is 44.7 Å². The van der Waals surface area contributed by atoms with E-state index in [9.17, 15) is 4.79 Å². The molecule has 0 spiro atoms. The maximum absolute atomic E-state index is 12.5. The van der Waals surface area contributed by atoms with E-state index in [1.54, 1.807) is 7.11 Å². The van der Waals surface area contributed by atoms with Crippen LogP contribution in [0.15, 0.2) is 54.6 Å². The van der Waals surface area contributed by atoms with Crippen molar-refractivity contribution >= 4 is 11.6 Å². The highest BCUT2D eigenvalue weighted by Gasteiger charge is 2.21. The quantitative estimate of drug-likeness (QED) is 0.867. The van der Waals surface area contributed by atoms with Gasteiger partial charge in [0.2, 0.25) is 5.91 Å². The van der Waals surface area contributed by atoms with Crippen LogP contribution in [0.5, 0.6) is 5.75 Å². The Kier molecular flexibility index (Phi) is 6.12. The second-order valence-electron chi connectivity index (χ2n) is 6.58. The summed E-state index contributed by atoms with van der Waals surface area (Å²) in [5.74, 6) is 1.03. The third-order valence-electron chi connectivity index (χ3n) is 4.93. The molecule has 1 aliphatic heterocycles. The van der Waals surface area contributed by atoms with Gasteiger partial charge in [-0.25, -0.2) is 0 Å². The Morgan fingerprint density at radius 1 is 1.04 bits per heavy atom. The first kappa shape index (κ1) is 18.3. The minimum Gasteiger partial charge on any atom is -0.497 e. The highest BCUT2D eigenvalue weighted by molar-refractivity contribution is 5.78. The topological polar surface area (TPSA) is 44.8 Å². The maximum Gasteiger partial charge on any atom is 0.236 e. The number of hydrogen-bond acceptors (Lipinski definition) is 4. The van der Waals surface area contributed by atoms with Crippen molar-refractivity contribution < 1.29 is 9.53 Å². The molecule has 1 saturated heterocycles. The van der Waals surface area contributed by atoms with Gasteiger partial charge in [0.15, 0.2) is 0 Å². The highest BCUT2D eigenvalue weighted by atomic mass is 16.5. The molecule has 3 rings (SSSR count). The van der Waals surface area contributed by atoms with E-state index in [2.05, 4.69) is 41.4 Å². The fourth-order valence-electron chi connectivity index (χ4n) is 3.22. The molecule has 1 heterocycles. The van der Waals surface area contributed by atoms with Gasteiger partial charge in [0, 0.05) is 37.9 Å². The average molecular weight is 353 g/mol. The van der Waals surface area contributed by atoms with Gasteiger partial charge in [-0.15, -0.1) is 0 Å². The Hall–Kier alpha value is -2.53. The van der Waals surface area contributed by atoms with Crippen molar-refractivity contribution in [2.24, 2.45) is 0 Å². The van der Waals surface area contributed by atoms with Gasteiger partial charge < -0.3 is 19.9 Å². The summed E-state index contributed by atoms with van der Waals surface area (Å²) in [7, 11) is 1.67. The molecule has 138 valence electrons. The number of piperazine rings is 1. The summed E-state index contributed by atoms with van der Waals surface area (Å²) < 4.78 is 5.20. The van der Waals surface area contributed by atoms with Gasteiger partial charge >= 0.3 is 0 Å². The Morgan fingerprint density at radius 3 is 2.31 bits per heavy atom. The molecule has 1 aliphatic rings. The van der Waals surface area contributed by atoms with Crippen LogP contribution in [0.1, 0.15) is 18.5 Å². The molecule has 0 bridgehead atoms. The van der Waals surface area contributed by atoms with E-state index in [-0.39, 0.29) is 11.9 Å². The Morgan fingerprint density at radius 2 is 1.69 bits per heavy atom. The van der Waals surface area contributed by atoms with Crippen LogP contribution in [0.3, 0.4) is 0 Å². The van der Waals surface area contributed by atoms with E-state index >= 15 is 0 Å². The zero-order chi connectivity index (χ0) is 18.4. The molecule has 26 heavy (non-hydrogen) atoms. The number of carbonyl (C=O) groups is 1. The summed E-state index contributed by atoms with van der Waals surface area (Å²) in [6, 6.07) is 18.5. The van der Waals surface area contributed by atoms with Crippen LogP contribution in [0.25, 0.3) is 0 Å².